The Bertz CT molecular complexity index is 1110. The van der Waals surface area contributed by atoms with Gasteiger partial charge in [0.15, 0.2) is 0 Å². The topological polar surface area (TPSA) is 56.0 Å². The molecule has 4 heterocycles. The molecule has 0 bridgehead atoms. The van der Waals surface area contributed by atoms with Gasteiger partial charge in [-0.05, 0) is 54.1 Å². The van der Waals surface area contributed by atoms with E-state index in [2.05, 4.69) is 17.5 Å². The fourth-order valence-electron chi connectivity index (χ4n) is 3.69. The van der Waals surface area contributed by atoms with Gasteiger partial charge in [-0.3, -0.25) is 4.79 Å². The number of hydrogen-bond donors (Lipinski definition) is 1. The molecule has 1 aliphatic carbocycles. The molecule has 0 spiro atoms. The predicted octanol–water partition coefficient (Wildman–Crippen LogP) is 5.78. The molecule has 0 aliphatic heterocycles. The van der Waals surface area contributed by atoms with Crippen LogP contribution >= 0.6 is 34.0 Å². The minimum Gasteiger partial charge on any atom is -0.397 e. The number of fused-ring (bicyclic) bond motifs is 2. The maximum atomic E-state index is 12.9. The van der Waals surface area contributed by atoms with Crippen LogP contribution in [0, 0.1) is 0 Å². The summed E-state index contributed by atoms with van der Waals surface area (Å²) >= 11 is 4.62. The first-order valence-electron chi connectivity index (χ1n) is 8.60. The van der Waals surface area contributed by atoms with E-state index in [1.807, 2.05) is 17.5 Å². The van der Waals surface area contributed by atoms with Crippen molar-refractivity contribution in [2.24, 2.45) is 0 Å². The lowest BCUT2D eigenvalue weighted by Crippen LogP contribution is -2.07. The van der Waals surface area contributed by atoms with E-state index in [1.54, 1.807) is 11.3 Å². The highest BCUT2D eigenvalue weighted by atomic mass is 32.1. The summed E-state index contributed by atoms with van der Waals surface area (Å²) < 4.78 is 0. The standard InChI is InChI=1S/C20H16N2OS3/c21-17-16-15(13-7-3-9-24-13)11-5-1-2-6-12(11)22-20(16)26-19(17)18(23)14-8-4-10-25-14/h3-4,7-10H,1-2,5-6,21H2. The van der Waals surface area contributed by atoms with Crippen molar-refractivity contribution in [1.29, 1.82) is 0 Å². The van der Waals surface area contributed by atoms with Crippen molar-refractivity contribution in [2.45, 2.75) is 25.7 Å². The number of rotatable bonds is 3. The number of nitrogens with zero attached hydrogens (tertiary/aromatic N) is 1. The fraction of sp³-hybridized carbons (Fsp3) is 0.200. The number of nitrogens with two attached hydrogens (primary N) is 1. The van der Waals surface area contributed by atoms with Crippen molar-refractivity contribution in [2.75, 3.05) is 5.73 Å². The Morgan fingerprint density at radius 2 is 1.88 bits per heavy atom. The van der Waals surface area contributed by atoms with E-state index < -0.39 is 0 Å². The van der Waals surface area contributed by atoms with Crippen LogP contribution in [0.2, 0.25) is 0 Å². The molecule has 0 aromatic carbocycles. The Morgan fingerprint density at radius 3 is 2.65 bits per heavy atom. The van der Waals surface area contributed by atoms with Gasteiger partial charge in [0.25, 0.3) is 0 Å². The van der Waals surface area contributed by atoms with Crippen molar-refractivity contribution < 1.29 is 4.79 Å². The molecular formula is C20H16N2OS3. The van der Waals surface area contributed by atoms with Crippen LogP contribution in [0.4, 0.5) is 5.69 Å². The van der Waals surface area contributed by atoms with E-state index >= 15 is 0 Å². The Balaban J connectivity index is 1.81. The van der Waals surface area contributed by atoms with Crippen LogP contribution in [0.1, 0.15) is 38.6 Å². The first kappa shape index (κ1) is 16.2. The van der Waals surface area contributed by atoms with Gasteiger partial charge in [-0.1, -0.05) is 12.1 Å². The van der Waals surface area contributed by atoms with E-state index in [9.17, 15) is 4.79 Å². The number of thiophene rings is 3. The van der Waals surface area contributed by atoms with Crippen molar-refractivity contribution in [3.8, 4) is 10.4 Å². The van der Waals surface area contributed by atoms with Crippen molar-refractivity contribution >= 4 is 55.7 Å². The monoisotopic (exact) mass is 396 g/mol. The first-order chi connectivity index (χ1) is 12.7. The van der Waals surface area contributed by atoms with Gasteiger partial charge in [-0.25, -0.2) is 4.98 Å². The molecule has 4 aromatic heterocycles. The van der Waals surface area contributed by atoms with Crippen LogP contribution < -0.4 is 5.73 Å². The molecule has 0 fully saturated rings. The molecule has 0 amide bonds. The summed E-state index contributed by atoms with van der Waals surface area (Å²) in [6, 6.07) is 7.97. The Labute approximate surface area is 163 Å². The number of aromatic nitrogens is 1. The molecule has 0 radical (unpaired) electrons. The van der Waals surface area contributed by atoms with Gasteiger partial charge < -0.3 is 5.73 Å². The number of ketones is 1. The second kappa shape index (κ2) is 6.30. The molecule has 130 valence electrons. The van der Waals surface area contributed by atoms with Gasteiger partial charge in [-0.2, -0.15) is 0 Å². The van der Waals surface area contributed by atoms with Crippen LogP contribution in [0.5, 0.6) is 0 Å². The molecule has 0 unspecified atom stereocenters. The van der Waals surface area contributed by atoms with Gasteiger partial charge in [0, 0.05) is 21.5 Å². The molecule has 3 nitrogen and oxygen atoms in total. The second-order valence-corrected chi connectivity index (χ2v) is 9.32. The summed E-state index contributed by atoms with van der Waals surface area (Å²) in [4.78, 5) is 21.3. The van der Waals surface area contributed by atoms with E-state index in [1.165, 1.54) is 57.2 Å². The first-order valence-corrected chi connectivity index (χ1v) is 11.2. The Morgan fingerprint density at radius 1 is 1.08 bits per heavy atom. The van der Waals surface area contributed by atoms with E-state index in [0.717, 1.165) is 27.9 Å². The summed E-state index contributed by atoms with van der Waals surface area (Å²) in [5.74, 6) is 0.00982. The van der Waals surface area contributed by atoms with Crippen LogP contribution in [0.15, 0.2) is 35.0 Å². The van der Waals surface area contributed by atoms with Crippen molar-refractivity contribution in [3.05, 3.63) is 56.0 Å². The van der Waals surface area contributed by atoms with Gasteiger partial charge >= 0.3 is 0 Å². The van der Waals surface area contributed by atoms with E-state index in [-0.39, 0.29) is 5.78 Å². The maximum absolute atomic E-state index is 12.9. The normalized spacial score (nSPS) is 13.8. The molecule has 0 saturated heterocycles. The highest BCUT2D eigenvalue weighted by Crippen LogP contribution is 2.45. The molecular weight excluding hydrogens is 380 g/mol. The van der Waals surface area contributed by atoms with Crippen LogP contribution in [-0.2, 0) is 12.8 Å². The molecule has 0 saturated carbocycles. The lowest BCUT2D eigenvalue weighted by molar-refractivity contribution is 0.104. The van der Waals surface area contributed by atoms with Crippen LogP contribution in [-0.4, -0.2) is 10.8 Å². The molecule has 2 N–H and O–H groups in total. The highest BCUT2D eigenvalue weighted by molar-refractivity contribution is 7.22. The molecule has 4 aromatic rings. The minimum atomic E-state index is 0.00982. The van der Waals surface area contributed by atoms with Gasteiger partial charge in [0.05, 0.1) is 10.6 Å². The van der Waals surface area contributed by atoms with E-state index in [0.29, 0.717) is 10.6 Å². The summed E-state index contributed by atoms with van der Waals surface area (Å²) in [6.07, 6.45) is 4.41. The zero-order valence-electron chi connectivity index (χ0n) is 14.0. The fourth-order valence-corrected chi connectivity index (χ4v) is 6.30. The molecule has 26 heavy (non-hydrogen) atoms. The third-order valence-corrected chi connectivity index (χ3v) is 7.73. The summed E-state index contributed by atoms with van der Waals surface area (Å²) in [5.41, 5.74) is 10.9. The average molecular weight is 397 g/mol. The number of hydrogen-bond acceptors (Lipinski definition) is 6. The maximum Gasteiger partial charge on any atom is 0.215 e. The molecule has 5 rings (SSSR count). The van der Waals surface area contributed by atoms with Gasteiger partial charge in [-0.15, -0.1) is 34.0 Å². The van der Waals surface area contributed by atoms with Gasteiger partial charge in [0.2, 0.25) is 5.78 Å². The largest absolute Gasteiger partial charge is 0.397 e. The van der Waals surface area contributed by atoms with Crippen molar-refractivity contribution in [1.82, 2.24) is 4.98 Å². The number of carbonyl (C=O) groups excluding carboxylic acids is 1. The van der Waals surface area contributed by atoms with Crippen molar-refractivity contribution in [3.63, 3.8) is 0 Å². The number of nitrogen functional groups attached to an aromatic ring is 1. The lowest BCUT2D eigenvalue weighted by Gasteiger charge is -2.19. The second-order valence-electron chi connectivity index (χ2n) is 6.43. The molecule has 0 atom stereocenters. The quantitative estimate of drug-likeness (QED) is 0.447. The summed E-state index contributed by atoms with van der Waals surface area (Å²) in [7, 11) is 0. The lowest BCUT2D eigenvalue weighted by atomic mass is 9.90. The molecule has 1 aliphatic rings. The zero-order valence-corrected chi connectivity index (χ0v) is 16.4. The third-order valence-electron chi connectivity index (χ3n) is 4.87. The molecule has 6 heteroatoms. The number of anilines is 1. The van der Waals surface area contributed by atoms with Crippen LogP contribution in [0.25, 0.3) is 20.7 Å². The highest BCUT2D eigenvalue weighted by Gasteiger charge is 2.26. The Kier molecular flexibility index (Phi) is 3.92. The number of aryl methyl sites for hydroxylation is 1. The smallest absolute Gasteiger partial charge is 0.215 e. The number of carbonyl (C=O) groups is 1. The average Bonchev–Trinajstić information content (AvgIpc) is 3.41. The Hall–Kier alpha value is -2.02. The minimum absolute atomic E-state index is 0.00982. The summed E-state index contributed by atoms with van der Waals surface area (Å²) in [6.45, 7) is 0. The summed E-state index contributed by atoms with van der Waals surface area (Å²) in [5, 5.41) is 4.99. The zero-order chi connectivity index (χ0) is 17.7. The van der Waals surface area contributed by atoms with E-state index in [4.69, 9.17) is 10.7 Å². The van der Waals surface area contributed by atoms with Gasteiger partial charge in [0.1, 0.15) is 9.71 Å². The van der Waals surface area contributed by atoms with Crippen LogP contribution in [0.3, 0.4) is 0 Å². The third kappa shape index (κ3) is 2.44. The number of pyridine rings is 1. The SMILES string of the molecule is Nc1c(C(=O)c2cccs2)sc2nc3c(c(-c4cccs4)c12)CCCC3. The predicted molar refractivity (Wildman–Crippen MR) is 112 cm³/mol.